The summed E-state index contributed by atoms with van der Waals surface area (Å²) in [6.07, 6.45) is 4.50. The molecule has 0 saturated carbocycles. The summed E-state index contributed by atoms with van der Waals surface area (Å²) in [5.74, 6) is 1.58. The van der Waals surface area contributed by atoms with Gasteiger partial charge in [0.2, 0.25) is 0 Å². The zero-order valence-corrected chi connectivity index (χ0v) is 10.8. The number of rotatable bonds is 5. The summed E-state index contributed by atoms with van der Waals surface area (Å²) >= 11 is 0. The zero-order valence-electron chi connectivity index (χ0n) is 10.8. The molecule has 4 nitrogen and oxygen atoms in total. The maximum atomic E-state index is 5.77. The highest BCUT2D eigenvalue weighted by Gasteiger charge is 2.04. The molecule has 2 rings (SSSR count). The van der Waals surface area contributed by atoms with Gasteiger partial charge in [-0.25, -0.2) is 0 Å². The van der Waals surface area contributed by atoms with Crippen molar-refractivity contribution in [2.45, 2.75) is 26.3 Å². The van der Waals surface area contributed by atoms with Crippen molar-refractivity contribution in [1.29, 1.82) is 0 Å². The van der Waals surface area contributed by atoms with Crippen molar-refractivity contribution < 1.29 is 4.74 Å². The van der Waals surface area contributed by atoms with E-state index in [1.54, 1.807) is 6.20 Å². The fraction of sp³-hybridized carbons (Fsp3) is 0.357. The van der Waals surface area contributed by atoms with Gasteiger partial charge in [-0.2, -0.15) is 5.10 Å². The number of aromatic nitrogens is 2. The second kappa shape index (κ2) is 5.69. The third-order valence-electron chi connectivity index (χ3n) is 2.67. The predicted molar refractivity (Wildman–Crippen MR) is 71.9 cm³/mol. The Balaban J connectivity index is 2.10. The average Bonchev–Trinajstić information content (AvgIpc) is 2.78. The van der Waals surface area contributed by atoms with E-state index >= 15 is 0 Å². The van der Waals surface area contributed by atoms with Crippen LogP contribution in [0.25, 0.3) is 0 Å². The Morgan fingerprint density at radius 1 is 1.33 bits per heavy atom. The van der Waals surface area contributed by atoms with Gasteiger partial charge in [0, 0.05) is 6.04 Å². The number of nitrogens with zero attached hydrogens (tertiary/aromatic N) is 2. The number of hydrogen-bond acceptors (Lipinski definition) is 3. The molecule has 2 N–H and O–H groups in total. The van der Waals surface area contributed by atoms with Crippen LogP contribution in [0.3, 0.4) is 0 Å². The van der Waals surface area contributed by atoms with Crippen molar-refractivity contribution in [1.82, 2.24) is 9.78 Å². The van der Waals surface area contributed by atoms with Gasteiger partial charge < -0.3 is 10.5 Å². The minimum atomic E-state index is 0.339. The Hall–Kier alpha value is -1.81. The fourth-order valence-electron chi connectivity index (χ4n) is 1.72. The third kappa shape index (κ3) is 3.11. The Morgan fingerprint density at radius 3 is 2.83 bits per heavy atom. The molecular weight excluding hydrogens is 226 g/mol. The minimum Gasteiger partial charge on any atom is -0.454 e. The van der Waals surface area contributed by atoms with Crippen LogP contribution in [0.4, 0.5) is 0 Å². The van der Waals surface area contributed by atoms with Crippen LogP contribution in [0, 0.1) is 0 Å². The Labute approximate surface area is 107 Å². The number of ether oxygens (including phenoxy) is 1. The molecule has 0 atom stereocenters. The molecule has 0 amide bonds. The molecule has 96 valence electrons. The van der Waals surface area contributed by atoms with E-state index in [1.165, 1.54) is 5.56 Å². The molecule has 0 unspecified atom stereocenters. The van der Waals surface area contributed by atoms with Crippen molar-refractivity contribution in [2.24, 2.45) is 5.73 Å². The first-order valence-electron chi connectivity index (χ1n) is 6.20. The van der Waals surface area contributed by atoms with E-state index in [4.69, 9.17) is 10.5 Å². The van der Waals surface area contributed by atoms with Crippen LogP contribution in [-0.2, 0) is 6.42 Å². The van der Waals surface area contributed by atoms with E-state index < -0.39 is 0 Å². The molecular formula is C14H19N3O. The molecule has 0 aliphatic rings. The second-order valence-corrected chi connectivity index (χ2v) is 4.54. The normalized spacial score (nSPS) is 10.9. The maximum absolute atomic E-state index is 5.77. The summed E-state index contributed by atoms with van der Waals surface area (Å²) < 4.78 is 7.65. The van der Waals surface area contributed by atoms with Gasteiger partial charge in [-0.1, -0.05) is 12.1 Å². The summed E-state index contributed by atoms with van der Waals surface area (Å²) in [6.45, 7) is 4.81. The third-order valence-corrected chi connectivity index (χ3v) is 2.67. The van der Waals surface area contributed by atoms with Gasteiger partial charge in [-0.05, 0) is 44.5 Å². The van der Waals surface area contributed by atoms with Gasteiger partial charge in [0.05, 0.1) is 12.4 Å². The standard InChI is InChI=1S/C14H19N3O/c1-11(2)17-10-14(9-16-17)18-13-5-3-4-12(8-13)6-7-15/h3-5,8-11H,6-7,15H2,1-2H3. The first kappa shape index (κ1) is 12.6. The van der Waals surface area contributed by atoms with Crippen LogP contribution in [0.15, 0.2) is 36.7 Å². The number of benzene rings is 1. The topological polar surface area (TPSA) is 53.1 Å². The smallest absolute Gasteiger partial charge is 0.165 e. The van der Waals surface area contributed by atoms with Gasteiger partial charge in [0.15, 0.2) is 5.75 Å². The lowest BCUT2D eigenvalue weighted by molar-refractivity contribution is 0.476. The van der Waals surface area contributed by atoms with Gasteiger partial charge >= 0.3 is 0 Å². The van der Waals surface area contributed by atoms with E-state index in [2.05, 4.69) is 25.0 Å². The Kier molecular flexibility index (Phi) is 3.99. The maximum Gasteiger partial charge on any atom is 0.165 e. The van der Waals surface area contributed by atoms with Crippen molar-refractivity contribution in [2.75, 3.05) is 6.54 Å². The Bertz CT molecular complexity index is 505. The number of nitrogens with two attached hydrogens (primary N) is 1. The van der Waals surface area contributed by atoms with Crippen LogP contribution in [-0.4, -0.2) is 16.3 Å². The average molecular weight is 245 g/mol. The first-order chi connectivity index (χ1) is 8.69. The summed E-state index contributed by atoms with van der Waals surface area (Å²) in [5, 5.41) is 4.24. The van der Waals surface area contributed by atoms with Gasteiger partial charge in [-0.15, -0.1) is 0 Å². The Morgan fingerprint density at radius 2 is 2.17 bits per heavy atom. The predicted octanol–water partition coefficient (Wildman–Crippen LogP) is 2.76. The molecule has 0 bridgehead atoms. The lowest BCUT2D eigenvalue weighted by Gasteiger charge is -2.06. The molecule has 4 heteroatoms. The van der Waals surface area contributed by atoms with Crippen molar-refractivity contribution in [3.05, 3.63) is 42.2 Å². The monoisotopic (exact) mass is 245 g/mol. The van der Waals surface area contributed by atoms with E-state index in [0.717, 1.165) is 17.9 Å². The highest BCUT2D eigenvalue weighted by Crippen LogP contribution is 2.22. The number of hydrogen-bond donors (Lipinski definition) is 1. The second-order valence-electron chi connectivity index (χ2n) is 4.54. The van der Waals surface area contributed by atoms with Crippen LogP contribution in [0.5, 0.6) is 11.5 Å². The molecule has 0 fully saturated rings. The van der Waals surface area contributed by atoms with E-state index in [0.29, 0.717) is 12.6 Å². The van der Waals surface area contributed by atoms with Crippen LogP contribution >= 0.6 is 0 Å². The molecule has 1 heterocycles. The summed E-state index contributed by atoms with van der Waals surface area (Å²) in [5.41, 5.74) is 6.73. The van der Waals surface area contributed by atoms with Gasteiger partial charge in [0.1, 0.15) is 5.75 Å². The highest BCUT2D eigenvalue weighted by molar-refractivity contribution is 5.32. The molecule has 0 aliphatic carbocycles. The van der Waals surface area contributed by atoms with E-state index in [1.807, 2.05) is 29.1 Å². The molecule has 1 aromatic carbocycles. The summed E-state index contributed by atoms with van der Waals surface area (Å²) in [7, 11) is 0. The van der Waals surface area contributed by atoms with Crippen molar-refractivity contribution in [3.63, 3.8) is 0 Å². The van der Waals surface area contributed by atoms with Crippen LogP contribution in [0.1, 0.15) is 25.5 Å². The quantitative estimate of drug-likeness (QED) is 0.881. The van der Waals surface area contributed by atoms with E-state index in [9.17, 15) is 0 Å². The lowest BCUT2D eigenvalue weighted by Crippen LogP contribution is -2.02. The molecule has 2 aromatic rings. The molecule has 0 radical (unpaired) electrons. The molecule has 0 saturated heterocycles. The van der Waals surface area contributed by atoms with E-state index in [-0.39, 0.29) is 0 Å². The highest BCUT2D eigenvalue weighted by atomic mass is 16.5. The zero-order chi connectivity index (χ0) is 13.0. The molecule has 18 heavy (non-hydrogen) atoms. The molecule has 0 aliphatic heterocycles. The van der Waals surface area contributed by atoms with Crippen LogP contribution < -0.4 is 10.5 Å². The lowest BCUT2D eigenvalue weighted by atomic mass is 10.1. The van der Waals surface area contributed by atoms with Crippen molar-refractivity contribution in [3.8, 4) is 11.5 Å². The van der Waals surface area contributed by atoms with Gasteiger partial charge in [-0.3, -0.25) is 4.68 Å². The van der Waals surface area contributed by atoms with Crippen molar-refractivity contribution >= 4 is 0 Å². The molecule has 1 aromatic heterocycles. The van der Waals surface area contributed by atoms with Crippen LogP contribution in [0.2, 0.25) is 0 Å². The first-order valence-corrected chi connectivity index (χ1v) is 6.20. The SMILES string of the molecule is CC(C)n1cc(Oc2cccc(CCN)c2)cn1. The summed E-state index contributed by atoms with van der Waals surface area (Å²) in [4.78, 5) is 0. The van der Waals surface area contributed by atoms with Gasteiger partial charge in [0.25, 0.3) is 0 Å². The largest absolute Gasteiger partial charge is 0.454 e. The summed E-state index contributed by atoms with van der Waals surface area (Å²) in [6, 6.07) is 8.32. The molecule has 0 spiro atoms. The minimum absolute atomic E-state index is 0.339. The fourth-order valence-corrected chi connectivity index (χ4v) is 1.72.